The van der Waals surface area contributed by atoms with E-state index in [9.17, 15) is 0 Å². The molecule has 0 saturated carbocycles. The Morgan fingerprint density at radius 2 is 2.08 bits per heavy atom. The number of fused-ring (bicyclic) bond motifs is 1. The summed E-state index contributed by atoms with van der Waals surface area (Å²) in [7, 11) is 2.05. The van der Waals surface area contributed by atoms with Crippen LogP contribution in [-0.4, -0.2) is 26.9 Å². The summed E-state index contributed by atoms with van der Waals surface area (Å²) < 4.78 is 3.96. The number of hydrogen-bond acceptors (Lipinski definition) is 4. The normalized spacial score (nSPS) is 17.0. The summed E-state index contributed by atoms with van der Waals surface area (Å²) in [4.78, 5) is 4.45. The number of hydrogen-bond donors (Lipinski definition) is 2. The number of aliphatic imine (C=N–C) groups is 1. The van der Waals surface area contributed by atoms with Gasteiger partial charge in [-0.3, -0.25) is 0 Å². The molecule has 0 fully saturated rings. The van der Waals surface area contributed by atoms with Crippen molar-refractivity contribution in [2.24, 2.45) is 12.0 Å². The lowest BCUT2D eigenvalue weighted by atomic mass is 10.2. The van der Waals surface area contributed by atoms with E-state index in [4.69, 9.17) is 0 Å². The Kier molecular flexibility index (Phi) is 3.37. The third-order valence-electron chi connectivity index (χ3n) is 4.33. The monoisotopic (exact) mass is 320 g/mol. The van der Waals surface area contributed by atoms with Gasteiger partial charge in [0.15, 0.2) is 6.29 Å². The van der Waals surface area contributed by atoms with Crippen molar-refractivity contribution in [2.75, 3.05) is 5.32 Å². The zero-order valence-electron chi connectivity index (χ0n) is 14.0. The number of aromatic nitrogens is 3. The molecule has 2 aromatic heterocycles. The number of rotatable bonds is 3. The predicted molar refractivity (Wildman–Crippen MR) is 97.9 cm³/mol. The molecule has 0 aliphatic carbocycles. The molecule has 1 unspecified atom stereocenters. The van der Waals surface area contributed by atoms with Crippen molar-refractivity contribution in [3.8, 4) is 0 Å². The molecule has 0 saturated heterocycles. The Hall–Kier alpha value is -3.02. The average Bonchev–Trinajstić information content (AvgIpc) is 3.11. The molecule has 1 aliphatic heterocycles. The quantitative estimate of drug-likeness (QED) is 0.780. The number of aryl methyl sites for hydroxylation is 3. The van der Waals surface area contributed by atoms with Crippen molar-refractivity contribution in [3.63, 3.8) is 0 Å². The van der Waals surface area contributed by atoms with Crippen molar-refractivity contribution in [3.05, 3.63) is 54.0 Å². The SMILES string of the molecule is Cc1cn(C2=CC=NC(Nc3ccc4c(ccn4C)c3)N2)nc1C. The molecule has 4 rings (SSSR count). The lowest BCUT2D eigenvalue weighted by Gasteiger charge is -2.22. The molecule has 3 aromatic rings. The zero-order chi connectivity index (χ0) is 16.7. The lowest BCUT2D eigenvalue weighted by Crippen LogP contribution is -2.37. The highest BCUT2D eigenvalue weighted by atomic mass is 15.4. The summed E-state index contributed by atoms with van der Waals surface area (Å²) >= 11 is 0. The fourth-order valence-corrected chi connectivity index (χ4v) is 2.84. The molecule has 24 heavy (non-hydrogen) atoms. The topological polar surface area (TPSA) is 59.2 Å². The van der Waals surface area contributed by atoms with Crippen molar-refractivity contribution < 1.29 is 0 Å². The second-order valence-corrected chi connectivity index (χ2v) is 6.08. The van der Waals surface area contributed by atoms with Crippen molar-refractivity contribution in [1.29, 1.82) is 0 Å². The molecule has 1 atom stereocenters. The van der Waals surface area contributed by atoms with Gasteiger partial charge in [-0.15, -0.1) is 0 Å². The minimum absolute atomic E-state index is 0.226. The molecule has 3 heterocycles. The van der Waals surface area contributed by atoms with Gasteiger partial charge in [-0.2, -0.15) is 5.10 Å². The summed E-state index contributed by atoms with van der Waals surface area (Å²) in [5, 5.41) is 12.5. The molecule has 1 aliphatic rings. The standard InChI is InChI=1S/C18H20N6/c1-12-11-24(22-13(12)2)17-6-8-19-18(21-17)20-15-4-5-16-14(10-15)7-9-23(16)3/h4-11,18,20-21H,1-3H3. The van der Waals surface area contributed by atoms with Crippen LogP contribution in [0.2, 0.25) is 0 Å². The summed E-state index contributed by atoms with van der Waals surface area (Å²) in [6.07, 6.45) is 7.58. The van der Waals surface area contributed by atoms with Gasteiger partial charge in [-0.25, -0.2) is 9.67 Å². The first-order chi connectivity index (χ1) is 11.6. The zero-order valence-corrected chi connectivity index (χ0v) is 14.0. The highest BCUT2D eigenvalue weighted by Gasteiger charge is 2.14. The summed E-state index contributed by atoms with van der Waals surface area (Å²) in [5.41, 5.74) is 4.43. The van der Waals surface area contributed by atoms with E-state index in [1.807, 2.05) is 30.9 Å². The molecule has 0 bridgehead atoms. The van der Waals surface area contributed by atoms with Crippen LogP contribution in [0.15, 0.2) is 47.7 Å². The third-order valence-corrected chi connectivity index (χ3v) is 4.33. The van der Waals surface area contributed by atoms with E-state index in [0.717, 1.165) is 17.2 Å². The maximum absolute atomic E-state index is 4.51. The molecular formula is C18H20N6. The largest absolute Gasteiger partial charge is 0.351 e. The maximum Gasteiger partial charge on any atom is 0.195 e. The lowest BCUT2D eigenvalue weighted by molar-refractivity contribution is 0.655. The van der Waals surface area contributed by atoms with Gasteiger partial charge in [0.25, 0.3) is 0 Å². The average molecular weight is 320 g/mol. The molecular weight excluding hydrogens is 300 g/mol. The van der Waals surface area contributed by atoms with E-state index in [0.29, 0.717) is 0 Å². The Labute approximate surface area is 140 Å². The third kappa shape index (κ3) is 2.56. The van der Waals surface area contributed by atoms with Gasteiger partial charge < -0.3 is 15.2 Å². The number of nitrogens with one attached hydrogen (secondary N) is 2. The van der Waals surface area contributed by atoms with Gasteiger partial charge in [-0.1, -0.05) is 0 Å². The van der Waals surface area contributed by atoms with E-state index in [1.165, 1.54) is 16.5 Å². The van der Waals surface area contributed by atoms with E-state index in [-0.39, 0.29) is 6.29 Å². The molecule has 6 nitrogen and oxygen atoms in total. The van der Waals surface area contributed by atoms with Gasteiger partial charge in [0.2, 0.25) is 0 Å². The highest BCUT2D eigenvalue weighted by molar-refractivity contribution is 5.84. The number of benzene rings is 1. The fourth-order valence-electron chi connectivity index (χ4n) is 2.84. The summed E-state index contributed by atoms with van der Waals surface area (Å²) in [6.45, 7) is 4.06. The first-order valence-electron chi connectivity index (χ1n) is 7.95. The van der Waals surface area contributed by atoms with Gasteiger partial charge in [0, 0.05) is 42.2 Å². The highest BCUT2D eigenvalue weighted by Crippen LogP contribution is 2.20. The molecule has 0 amide bonds. The van der Waals surface area contributed by atoms with Crippen LogP contribution < -0.4 is 10.6 Å². The first kappa shape index (κ1) is 14.6. The number of anilines is 1. The van der Waals surface area contributed by atoms with Gasteiger partial charge in [0.1, 0.15) is 5.82 Å². The summed E-state index contributed by atoms with van der Waals surface area (Å²) in [5.74, 6) is 0.902. The molecule has 0 radical (unpaired) electrons. The maximum atomic E-state index is 4.51. The number of nitrogens with zero attached hydrogens (tertiary/aromatic N) is 4. The van der Waals surface area contributed by atoms with Crippen molar-refractivity contribution >= 4 is 28.6 Å². The summed E-state index contributed by atoms with van der Waals surface area (Å²) in [6, 6.07) is 8.42. The van der Waals surface area contributed by atoms with Gasteiger partial charge in [0.05, 0.1) is 5.69 Å². The minimum atomic E-state index is -0.226. The van der Waals surface area contributed by atoms with E-state index < -0.39 is 0 Å². The molecule has 2 N–H and O–H groups in total. The first-order valence-corrected chi connectivity index (χ1v) is 7.95. The van der Waals surface area contributed by atoms with Crippen LogP contribution in [0.1, 0.15) is 11.3 Å². The van der Waals surface area contributed by atoms with Crippen LogP contribution >= 0.6 is 0 Å². The van der Waals surface area contributed by atoms with Crippen LogP contribution in [0.25, 0.3) is 16.7 Å². The van der Waals surface area contributed by atoms with E-state index in [2.05, 4.69) is 62.7 Å². The Balaban J connectivity index is 1.52. The minimum Gasteiger partial charge on any atom is -0.351 e. The predicted octanol–water partition coefficient (Wildman–Crippen LogP) is 2.86. The molecule has 122 valence electrons. The van der Waals surface area contributed by atoms with E-state index >= 15 is 0 Å². The van der Waals surface area contributed by atoms with E-state index in [1.54, 1.807) is 6.21 Å². The Morgan fingerprint density at radius 1 is 1.21 bits per heavy atom. The molecule has 6 heteroatoms. The Morgan fingerprint density at radius 3 is 2.88 bits per heavy atom. The van der Waals surface area contributed by atoms with Crippen LogP contribution in [0, 0.1) is 13.8 Å². The van der Waals surface area contributed by atoms with Crippen LogP contribution in [0.5, 0.6) is 0 Å². The molecule has 0 spiro atoms. The van der Waals surface area contributed by atoms with Gasteiger partial charge in [-0.05, 0) is 49.8 Å². The molecule has 1 aromatic carbocycles. The van der Waals surface area contributed by atoms with Crippen molar-refractivity contribution in [1.82, 2.24) is 19.7 Å². The van der Waals surface area contributed by atoms with Crippen LogP contribution in [-0.2, 0) is 7.05 Å². The second-order valence-electron chi connectivity index (χ2n) is 6.08. The smallest absolute Gasteiger partial charge is 0.195 e. The Bertz CT molecular complexity index is 940. The van der Waals surface area contributed by atoms with Crippen LogP contribution in [0.3, 0.4) is 0 Å². The fraction of sp³-hybridized carbons (Fsp3) is 0.222. The van der Waals surface area contributed by atoms with Crippen LogP contribution in [0.4, 0.5) is 5.69 Å². The number of allylic oxidation sites excluding steroid dienone is 1. The van der Waals surface area contributed by atoms with Gasteiger partial charge >= 0.3 is 0 Å². The second kappa shape index (κ2) is 5.56. The van der Waals surface area contributed by atoms with Crippen molar-refractivity contribution in [2.45, 2.75) is 20.1 Å².